The second kappa shape index (κ2) is 8.55. The summed E-state index contributed by atoms with van der Waals surface area (Å²) in [6.07, 6.45) is -0.255. The molecule has 2 aromatic rings. The maximum atomic E-state index is 12.2. The highest BCUT2D eigenvalue weighted by molar-refractivity contribution is 5.68. The van der Waals surface area contributed by atoms with Crippen LogP contribution in [0.2, 0.25) is 0 Å². The van der Waals surface area contributed by atoms with Crippen molar-refractivity contribution in [3.05, 3.63) is 36.0 Å². The van der Waals surface area contributed by atoms with E-state index in [-0.39, 0.29) is 12.1 Å². The highest BCUT2D eigenvalue weighted by Gasteiger charge is 2.25. The Bertz CT molecular complexity index is 841. The number of ether oxygens (including phenoxy) is 3. The molecule has 1 aromatic heterocycles. The zero-order valence-electron chi connectivity index (χ0n) is 17.6. The van der Waals surface area contributed by atoms with Crippen LogP contribution in [-0.4, -0.2) is 59.9 Å². The fourth-order valence-corrected chi connectivity index (χ4v) is 2.97. The van der Waals surface area contributed by atoms with E-state index in [0.717, 1.165) is 24.5 Å². The van der Waals surface area contributed by atoms with Gasteiger partial charge in [0.1, 0.15) is 11.4 Å². The summed E-state index contributed by atoms with van der Waals surface area (Å²) in [6.45, 7) is 10.2. The van der Waals surface area contributed by atoms with Gasteiger partial charge in [0.15, 0.2) is 0 Å². The van der Waals surface area contributed by atoms with Crippen molar-refractivity contribution >= 4 is 11.8 Å². The number of anilines is 1. The van der Waals surface area contributed by atoms with Gasteiger partial charge in [0.25, 0.3) is 0 Å². The minimum absolute atomic E-state index is 0.251. The molecule has 1 fully saturated rings. The molecule has 0 unspecified atom stereocenters. The molecule has 0 spiro atoms. The number of aromatic nitrogens is 2. The Morgan fingerprint density at radius 2 is 1.69 bits per heavy atom. The number of rotatable bonds is 4. The summed E-state index contributed by atoms with van der Waals surface area (Å²) in [5.41, 5.74) is 1.37. The molecule has 0 aliphatic carbocycles. The summed E-state index contributed by atoms with van der Waals surface area (Å²) < 4.78 is 16.3. The number of amides is 1. The Morgan fingerprint density at radius 3 is 2.28 bits per heavy atom. The molecule has 0 bridgehead atoms. The molecule has 1 aliphatic rings. The molecule has 3 rings (SSSR count). The molecule has 1 amide bonds. The van der Waals surface area contributed by atoms with Gasteiger partial charge in [-0.3, -0.25) is 0 Å². The molecule has 0 atom stereocenters. The average Bonchev–Trinajstić information content (AvgIpc) is 2.67. The van der Waals surface area contributed by atoms with Gasteiger partial charge in [0.05, 0.1) is 7.11 Å². The Morgan fingerprint density at radius 1 is 1.03 bits per heavy atom. The van der Waals surface area contributed by atoms with Crippen LogP contribution in [0.5, 0.6) is 17.6 Å². The first-order valence-corrected chi connectivity index (χ1v) is 9.64. The van der Waals surface area contributed by atoms with E-state index >= 15 is 0 Å². The summed E-state index contributed by atoms with van der Waals surface area (Å²) in [4.78, 5) is 24.6. The first-order valence-electron chi connectivity index (χ1n) is 9.64. The Hall–Kier alpha value is -3.03. The van der Waals surface area contributed by atoms with E-state index in [1.165, 1.54) is 0 Å². The lowest BCUT2D eigenvalue weighted by Gasteiger charge is -2.36. The molecule has 1 aromatic carbocycles. The zero-order chi connectivity index (χ0) is 21.0. The van der Waals surface area contributed by atoms with Crippen molar-refractivity contribution in [1.29, 1.82) is 0 Å². The van der Waals surface area contributed by atoms with Crippen LogP contribution in [-0.2, 0) is 4.74 Å². The largest absolute Gasteiger partial charge is 0.481 e. The van der Waals surface area contributed by atoms with Gasteiger partial charge in [0.2, 0.25) is 5.88 Å². The van der Waals surface area contributed by atoms with Gasteiger partial charge in [-0.05, 0) is 52.0 Å². The van der Waals surface area contributed by atoms with E-state index in [0.29, 0.717) is 24.7 Å². The molecule has 0 saturated carbocycles. The third kappa shape index (κ3) is 5.73. The topological polar surface area (TPSA) is 77.0 Å². The lowest BCUT2D eigenvalue weighted by atomic mass is 10.2. The molecule has 156 valence electrons. The van der Waals surface area contributed by atoms with Crippen molar-refractivity contribution in [2.24, 2.45) is 0 Å². The van der Waals surface area contributed by atoms with Gasteiger partial charge >= 0.3 is 12.1 Å². The second-order valence-electron chi connectivity index (χ2n) is 7.88. The summed E-state index contributed by atoms with van der Waals surface area (Å²) in [5, 5.41) is 0. The molecule has 0 radical (unpaired) electrons. The number of aryl methyl sites for hydroxylation is 1. The molecule has 29 heavy (non-hydrogen) atoms. The predicted octanol–water partition coefficient (Wildman–Crippen LogP) is 3.64. The SMILES string of the molecule is COc1cc(C)nc(Oc2ccc(N3CCN(C(=O)OC(C)(C)C)CC3)cc2)n1. The number of carbonyl (C=O) groups is 1. The Balaban J connectivity index is 1.57. The number of hydrogen-bond donors (Lipinski definition) is 0. The molecule has 1 aliphatic heterocycles. The van der Waals surface area contributed by atoms with Crippen molar-refractivity contribution in [3.63, 3.8) is 0 Å². The van der Waals surface area contributed by atoms with Crippen LogP contribution in [0.15, 0.2) is 30.3 Å². The highest BCUT2D eigenvalue weighted by Crippen LogP contribution is 2.25. The Kier molecular flexibility index (Phi) is 6.10. The lowest BCUT2D eigenvalue weighted by Crippen LogP contribution is -2.50. The minimum atomic E-state index is -0.477. The Labute approximate surface area is 171 Å². The van der Waals surface area contributed by atoms with Crippen molar-refractivity contribution in [1.82, 2.24) is 14.9 Å². The van der Waals surface area contributed by atoms with Crippen LogP contribution in [0, 0.1) is 6.92 Å². The number of carbonyl (C=O) groups excluding carboxylic acids is 1. The van der Waals surface area contributed by atoms with E-state index in [1.807, 2.05) is 52.0 Å². The first-order chi connectivity index (χ1) is 13.7. The third-order valence-electron chi connectivity index (χ3n) is 4.36. The molecular formula is C21H28N4O4. The number of hydrogen-bond acceptors (Lipinski definition) is 7. The fraction of sp³-hybridized carbons (Fsp3) is 0.476. The van der Waals surface area contributed by atoms with Crippen LogP contribution in [0.1, 0.15) is 26.5 Å². The van der Waals surface area contributed by atoms with Crippen molar-refractivity contribution in [3.8, 4) is 17.6 Å². The maximum Gasteiger partial charge on any atom is 0.410 e. The van der Waals surface area contributed by atoms with Gasteiger partial charge in [-0.25, -0.2) is 4.79 Å². The van der Waals surface area contributed by atoms with Gasteiger partial charge in [-0.15, -0.1) is 0 Å². The molecule has 8 nitrogen and oxygen atoms in total. The maximum absolute atomic E-state index is 12.2. The number of methoxy groups -OCH3 is 1. The summed E-state index contributed by atoms with van der Waals surface area (Å²) in [5.74, 6) is 1.11. The minimum Gasteiger partial charge on any atom is -0.481 e. The smallest absolute Gasteiger partial charge is 0.410 e. The predicted molar refractivity (Wildman–Crippen MR) is 110 cm³/mol. The third-order valence-corrected chi connectivity index (χ3v) is 4.36. The van der Waals surface area contributed by atoms with Gasteiger partial charge < -0.3 is 24.0 Å². The van der Waals surface area contributed by atoms with Gasteiger partial charge in [0, 0.05) is 43.6 Å². The van der Waals surface area contributed by atoms with Crippen molar-refractivity contribution < 1.29 is 19.0 Å². The van der Waals surface area contributed by atoms with Gasteiger partial charge in [-0.2, -0.15) is 9.97 Å². The molecule has 1 saturated heterocycles. The molecular weight excluding hydrogens is 372 g/mol. The lowest BCUT2D eigenvalue weighted by molar-refractivity contribution is 0.0240. The van der Waals surface area contributed by atoms with Crippen LogP contribution < -0.4 is 14.4 Å². The average molecular weight is 400 g/mol. The van der Waals surface area contributed by atoms with Gasteiger partial charge in [-0.1, -0.05) is 0 Å². The summed E-state index contributed by atoms with van der Waals surface area (Å²) in [6, 6.07) is 9.74. The quantitative estimate of drug-likeness (QED) is 0.775. The van der Waals surface area contributed by atoms with Crippen molar-refractivity contribution in [2.45, 2.75) is 33.3 Å². The zero-order valence-corrected chi connectivity index (χ0v) is 17.6. The summed E-state index contributed by atoms with van der Waals surface area (Å²) in [7, 11) is 1.56. The van der Waals surface area contributed by atoms with Crippen LogP contribution in [0.4, 0.5) is 10.5 Å². The monoisotopic (exact) mass is 400 g/mol. The number of nitrogens with zero attached hydrogens (tertiary/aromatic N) is 4. The van der Waals surface area contributed by atoms with Crippen LogP contribution in [0.3, 0.4) is 0 Å². The van der Waals surface area contributed by atoms with Crippen LogP contribution in [0.25, 0.3) is 0 Å². The van der Waals surface area contributed by atoms with E-state index in [4.69, 9.17) is 14.2 Å². The number of piperazine rings is 1. The normalized spacial score (nSPS) is 14.5. The summed E-state index contributed by atoms with van der Waals surface area (Å²) >= 11 is 0. The van der Waals surface area contributed by atoms with Crippen LogP contribution >= 0.6 is 0 Å². The number of benzene rings is 1. The molecule has 8 heteroatoms. The van der Waals surface area contributed by atoms with E-state index < -0.39 is 5.60 Å². The first kappa shape index (κ1) is 20.7. The van der Waals surface area contributed by atoms with Crippen molar-refractivity contribution in [2.75, 3.05) is 38.2 Å². The van der Waals surface area contributed by atoms with E-state index in [9.17, 15) is 4.79 Å². The molecule has 2 heterocycles. The standard InChI is InChI=1S/C21H28N4O4/c1-15-14-18(27-5)23-19(22-15)28-17-8-6-16(7-9-17)24-10-12-25(13-11-24)20(26)29-21(2,3)4/h6-9,14H,10-13H2,1-5H3. The van der Waals surface area contributed by atoms with E-state index in [2.05, 4.69) is 14.9 Å². The second-order valence-corrected chi connectivity index (χ2v) is 7.88. The van der Waals surface area contributed by atoms with E-state index in [1.54, 1.807) is 18.1 Å². The highest BCUT2D eigenvalue weighted by atomic mass is 16.6. The molecule has 0 N–H and O–H groups in total. The fourth-order valence-electron chi connectivity index (χ4n) is 2.97.